The fourth-order valence-corrected chi connectivity index (χ4v) is 4.72. The van der Waals surface area contributed by atoms with E-state index in [0.29, 0.717) is 12.4 Å². The molecule has 0 saturated heterocycles. The van der Waals surface area contributed by atoms with Crippen molar-refractivity contribution in [2.24, 2.45) is 0 Å². The summed E-state index contributed by atoms with van der Waals surface area (Å²) in [6.45, 7) is 0.713. The Morgan fingerprint density at radius 3 is 2.93 bits per heavy atom. The summed E-state index contributed by atoms with van der Waals surface area (Å²) in [4.78, 5) is 14.4. The number of rotatable bonds is 4. The SMILES string of the molecule is COc1ccc(C2CSc3cc(Cn4cnc5cc(Br)cnc54)ccc3O2)cn1. The second-order valence-electron chi connectivity index (χ2n) is 6.70. The molecule has 0 aliphatic carbocycles. The molecule has 0 bridgehead atoms. The van der Waals surface area contributed by atoms with E-state index in [1.807, 2.05) is 36.8 Å². The molecule has 0 amide bonds. The van der Waals surface area contributed by atoms with Crippen molar-refractivity contribution in [3.8, 4) is 11.6 Å². The van der Waals surface area contributed by atoms with Crippen LogP contribution in [0.1, 0.15) is 17.2 Å². The van der Waals surface area contributed by atoms with Crippen LogP contribution in [0.3, 0.4) is 0 Å². The zero-order chi connectivity index (χ0) is 19.8. The second-order valence-corrected chi connectivity index (χ2v) is 8.68. The van der Waals surface area contributed by atoms with Crippen molar-refractivity contribution < 1.29 is 9.47 Å². The van der Waals surface area contributed by atoms with Crippen molar-refractivity contribution >= 4 is 38.9 Å². The van der Waals surface area contributed by atoms with Gasteiger partial charge in [0.15, 0.2) is 5.65 Å². The highest BCUT2D eigenvalue weighted by molar-refractivity contribution is 9.10. The fraction of sp³-hybridized carbons (Fsp3) is 0.190. The summed E-state index contributed by atoms with van der Waals surface area (Å²) in [5, 5.41) is 0. The molecule has 29 heavy (non-hydrogen) atoms. The van der Waals surface area contributed by atoms with Gasteiger partial charge in [0.1, 0.15) is 17.4 Å². The molecule has 1 aliphatic rings. The smallest absolute Gasteiger partial charge is 0.212 e. The summed E-state index contributed by atoms with van der Waals surface area (Å²) in [5.74, 6) is 2.35. The molecule has 0 N–H and O–H groups in total. The highest BCUT2D eigenvalue weighted by atomic mass is 79.9. The van der Waals surface area contributed by atoms with E-state index >= 15 is 0 Å². The third-order valence-corrected chi connectivity index (χ3v) is 6.32. The predicted molar refractivity (Wildman–Crippen MR) is 116 cm³/mol. The van der Waals surface area contributed by atoms with E-state index in [-0.39, 0.29) is 6.10 Å². The largest absolute Gasteiger partial charge is 0.484 e. The van der Waals surface area contributed by atoms with Crippen LogP contribution in [0.2, 0.25) is 0 Å². The maximum absolute atomic E-state index is 6.23. The molecule has 1 atom stereocenters. The molecular formula is C21H17BrN4O2S. The van der Waals surface area contributed by atoms with E-state index in [0.717, 1.165) is 37.6 Å². The van der Waals surface area contributed by atoms with Gasteiger partial charge in [-0.05, 0) is 45.8 Å². The van der Waals surface area contributed by atoms with Gasteiger partial charge in [-0.15, -0.1) is 11.8 Å². The number of methoxy groups -OCH3 is 1. The van der Waals surface area contributed by atoms with Crippen LogP contribution in [-0.2, 0) is 6.54 Å². The molecule has 1 unspecified atom stereocenters. The van der Waals surface area contributed by atoms with Gasteiger partial charge in [-0.3, -0.25) is 0 Å². The van der Waals surface area contributed by atoms with Gasteiger partial charge < -0.3 is 14.0 Å². The Balaban J connectivity index is 1.35. The van der Waals surface area contributed by atoms with Crippen LogP contribution in [0.25, 0.3) is 11.2 Å². The molecule has 1 aromatic carbocycles. The van der Waals surface area contributed by atoms with Crippen molar-refractivity contribution in [2.45, 2.75) is 17.5 Å². The number of hydrogen-bond donors (Lipinski definition) is 0. The maximum atomic E-state index is 6.23. The van der Waals surface area contributed by atoms with E-state index in [9.17, 15) is 0 Å². The van der Waals surface area contributed by atoms with Crippen molar-refractivity contribution in [3.05, 3.63) is 70.7 Å². The summed E-state index contributed by atoms with van der Waals surface area (Å²) >= 11 is 5.24. The molecule has 0 fully saturated rings. The van der Waals surface area contributed by atoms with Gasteiger partial charge in [0.05, 0.1) is 20.0 Å². The maximum Gasteiger partial charge on any atom is 0.212 e. The van der Waals surface area contributed by atoms with E-state index in [4.69, 9.17) is 9.47 Å². The van der Waals surface area contributed by atoms with Crippen LogP contribution in [0.4, 0.5) is 0 Å². The topological polar surface area (TPSA) is 62.1 Å². The molecular weight excluding hydrogens is 452 g/mol. The number of benzene rings is 1. The van der Waals surface area contributed by atoms with Gasteiger partial charge in [0, 0.05) is 39.1 Å². The Hall–Kier alpha value is -2.58. The fourth-order valence-electron chi connectivity index (χ4n) is 3.32. The Morgan fingerprint density at radius 2 is 2.10 bits per heavy atom. The molecule has 8 heteroatoms. The van der Waals surface area contributed by atoms with E-state index < -0.39 is 0 Å². The van der Waals surface area contributed by atoms with Crippen LogP contribution < -0.4 is 9.47 Å². The van der Waals surface area contributed by atoms with Crippen molar-refractivity contribution in [1.82, 2.24) is 19.5 Å². The normalized spacial score (nSPS) is 15.7. The molecule has 146 valence electrons. The quantitative estimate of drug-likeness (QED) is 0.425. The minimum absolute atomic E-state index is 0.0167. The lowest BCUT2D eigenvalue weighted by Crippen LogP contribution is -2.15. The van der Waals surface area contributed by atoms with Crippen LogP contribution >= 0.6 is 27.7 Å². The zero-order valence-corrected chi connectivity index (χ0v) is 18.0. The number of aromatic nitrogens is 4. The lowest BCUT2D eigenvalue weighted by atomic mass is 10.1. The van der Waals surface area contributed by atoms with Crippen molar-refractivity contribution in [1.29, 1.82) is 0 Å². The third-order valence-electron chi connectivity index (χ3n) is 4.78. The Labute approximate surface area is 180 Å². The highest BCUT2D eigenvalue weighted by Gasteiger charge is 2.22. The van der Waals surface area contributed by atoms with E-state index in [2.05, 4.69) is 47.6 Å². The number of pyridine rings is 2. The molecule has 0 spiro atoms. The minimum atomic E-state index is -0.0167. The van der Waals surface area contributed by atoms with Gasteiger partial charge in [0.25, 0.3) is 0 Å². The summed E-state index contributed by atoms with van der Waals surface area (Å²) in [6, 6.07) is 12.2. The molecule has 5 rings (SSSR count). The van der Waals surface area contributed by atoms with Crippen LogP contribution in [0, 0.1) is 0 Å². The van der Waals surface area contributed by atoms with Gasteiger partial charge in [0.2, 0.25) is 5.88 Å². The Kier molecular flexibility index (Phi) is 4.89. The number of nitrogens with zero attached hydrogens (tertiary/aromatic N) is 4. The molecule has 4 aromatic rings. The first-order valence-corrected chi connectivity index (χ1v) is 10.9. The number of hydrogen-bond acceptors (Lipinski definition) is 6. The number of fused-ring (bicyclic) bond motifs is 2. The van der Waals surface area contributed by atoms with Gasteiger partial charge in [-0.25, -0.2) is 15.0 Å². The van der Waals surface area contributed by atoms with Crippen LogP contribution in [-0.4, -0.2) is 32.4 Å². The summed E-state index contributed by atoms with van der Waals surface area (Å²) in [6.07, 6.45) is 5.43. The third kappa shape index (κ3) is 3.70. The number of halogens is 1. The molecule has 3 aromatic heterocycles. The second kappa shape index (κ2) is 7.68. The van der Waals surface area contributed by atoms with E-state index in [1.165, 1.54) is 5.56 Å². The number of imidazole rings is 1. The minimum Gasteiger partial charge on any atom is -0.484 e. The molecule has 0 saturated carbocycles. The molecule has 6 nitrogen and oxygen atoms in total. The highest BCUT2D eigenvalue weighted by Crippen LogP contribution is 2.41. The Morgan fingerprint density at radius 1 is 1.17 bits per heavy atom. The molecule has 0 radical (unpaired) electrons. The lowest BCUT2D eigenvalue weighted by molar-refractivity contribution is 0.219. The Bertz CT molecular complexity index is 1180. The van der Waals surface area contributed by atoms with Crippen molar-refractivity contribution in [2.75, 3.05) is 12.9 Å². The van der Waals surface area contributed by atoms with Crippen molar-refractivity contribution in [3.63, 3.8) is 0 Å². The standard InChI is InChI=1S/C21H17BrN4O2S/c1-27-20-5-3-14(8-23-20)18-11-29-19-6-13(2-4-17(19)28-18)10-26-12-25-16-7-15(22)9-24-21(16)26/h2-9,12,18H,10-11H2,1H3. The van der Waals surface area contributed by atoms with Gasteiger partial charge in [-0.2, -0.15) is 0 Å². The van der Waals surface area contributed by atoms with Gasteiger partial charge in [-0.1, -0.05) is 6.07 Å². The first-order valence-electron chi connectivity index (χ1n) is 9.08. The van der Waals surface area contributed by atoms with Crippen LogP contribution in [0.15, 0.2) is 64.5 Å². The van der Waals surface area contributed by atoms with E-state index in [1.54, 1.807) is 25.1 Å². The number of thioether (sulfide) groups is 1. The summed E-state index contributed by atoms with van der Waals surface area (Å²) in [5.41, 5.74) is 4.00. The molecule has 1 aliphatic heterocycles. The average molecular weight is 469 g/mol. The lowest BCUT2D eigenvalue weighted by Gasteiger charge is -2.26. The summed E-state index contributed by atoms with van der Waals surface area (Å²) < 4.78 is 14.3. The predicted octanol–water partition coefficient (Wildman–Crippen LogP) is 4.87. The first-order chi connectivity index (χ1) is 14.2. The van der Waals surface area contributed by atoms with Crippen LogP contribution in [0.5, 0.6) is 11.6 Å². The van der Waals surface area contributed by atoms with Gasteiger partial charge >= 0.3 is 0 Å². The first kappa shape index (κ1) is 18.4. The monoisotopic (exact) mass is 468 g/mol. The summed E-state index contributed by atoms with van der Waals surface area (Å²) in [7, 11) is 1.62. The zero-order valence-electron chi connectivity index (χ0n) is 15.6. The average Bonchev–Trinajstić information content (AvgIpc) is 3.15. The number of ether oxygens (including phenoxy) is 2. The molecule has 4 heterocycles.